The molecule has 3 rings (SSSR count). The molecule has 7 heteroatoms. The zero-order valence-electron chi connectivity index (χ0n) is 17.6. The lowest BCUT2D eigenvalue weighted by Crippen LogP contribution is -2.15. The van der Waals surface area contributed by atoms with Crippen molar-refractivity contribution >= 4 is 23.3 Å². The molecule has 0 aliphatic heterocycles. The van der Waals surface area contributed by atoms with Gasteiger partial charge in [0, 0.05) is 23.9 Å². The molecule has 0 saturated carbocycles. The predicted octanol–water partition coefficient (Wildman–Crippen LogP) is 3.96. The molecular formula is C24H25N3O4. The highest BCUT2D eigenvalue weighted by molar-refractivity contribution is 6.00. The van der Waals surface area contributed by atoms with Crippen LogP contribution in [-0.2, 0) is 16.1 Å². The molecular weight excluding hydrogens is 394 g/mol. The van der Waals surface area contributed by atoms with E-state index >= 15 is 0 Å². The lowest BCUT2D eigenvalue weighted by molar-refractivity contribution is -0.116. The van der Waals surface area contributed by atoms with E-state index in [1.54, 1.807) is 35.1 Å². The molecule has 0 atom stereocenters. The monoisotopic (exact) mass is 419 g/mol. The molecule has 0 saturated heterocycles. The minimum absolute atomic E-state index is 0.0733. The number of carbonyl (C=O) groups is 3. The van der Waals surface area contributed by atoms with Crippen molar-refractivity contribution in [2.45, 2.75) is 26.8 Å². The average Bonchev–Trinajstić information content (AvgIpc) is 3.21. The molecule has 0 aliphatic carbocycles. The number of aromatic nitrogens is 2. The maximum atomic E-state index is 12.3. The first kappa shape index (κ1) is 22.0. The topological polar surface area (TPSA) is 90.3 Å². The lowest BCUT2D eigenvalue weighted by atomic mass is 10.1. The summed E-state index contributed by atoms with van der Waals surface area (Å²) in [6.45, 7) is 4.10. The fourth-order valence-corrected chi connectivity index (χ4v) is 2.95. The summed E-state index contributed by atoms with van der Waals surface area (Å²) in [5.41, 5.74) is 2.36. The summed E-state index contributed by atoms with van der Waals surface area (Å²) < 4.78 is 6.77. The van der Waals surface area contributed by atoms with Crippen molar-refractivity contribution < 1.29 is 19.1 Å². The number of nitrogens with one attached hydrogen (secondary N) is 1. The average molecular weight is 419 g/mol. The number of anilines is 1. The van der Waals surface area contributed by atoms with Gasteiger partial charge in [-0.05, 0) is 35.7 Å². The third kappa shape index (κ3) is 6.64. The number of benzene rings is 2. The molecule has 3 aromatic rings. The number of amides is 1. The van der Waals surface area contributed by atoms with Crippen LogP contribution in [0.3, 0.4) is 0 Å². The van der Waals surface area contributed by atoms with Crippen molar-refractivity contribution in [3.05, 3.63) is 83.7 Å². The van der Waals surface area contributed by atoms with Crippen molar-refractivity contribution in [3.63, 3.8) is 0 Å². The Bertz CT molecular complexity index is 1040. The van der Waals surface area contributed by atoms with E-state index in [2.05, 4.69) is 10.4 Å². The van der Waals surface area contributed by atoms with Gasteiger partial charge in [-0.1, -0.05) is 44.2 Å². The quantitative estimate of drug-likeness (QED) is 0.419. The van der Waals surface area contributed by atoms with Crippen LogP contribution >= 0.6 is 0 Å². The molecule has 1 aromatic heterocycles. The Labute approximate surface area is 181 Å². The maximum absolute atomic E-state index is 12.3. The summed E-state index contributed by atoms with van der Waals surface area (Å²) in [6.07, 6.45) is 3.44. The Hall–Kier alpha value is -3.74. The van der Waals surface area contributed by atoms with Gasteiger partial charge in [0.1, 0.15) is 0 Å². The van der Waals surface area contributed by atoms with Crippen molar-refractivity contribution in [1.82, 2.24) is 9.78 Å². The van der Waals surface area contributed by atoms with E-state index in [0.29, 0.717) is 24.2 Å². The van der Waals surface area contributed by atoms with Gasteiger partial charge in [-0.3, -0.25) is 14.3 Å². The number of esters is 1. The Morgan fingerprint density at radius 3 is 2.39 bits per heavy atom. The number of hydrogen-bond acceptors (Lipinski definition) is 5. The standard InChI is InChI=1S/C24H25N3O4/c1-17(2)12-23(29)26-21-10-8-19(9-11-21)22(28)16-31-24(30)20-13-25-27(15-20)14-18-6-4-3-5-7-18/h3-11,13,15,17H,12,14,16H2,1-2H3,(H,26,29). The molecule has 0 bridgehead atoms. The molecule has 160 valence electrons. The molecule has 1 amide bonds. The normalized spacial score (nSPS) is 10.7. The molecule has 0 spiro atoms. The number of Topliss-reactive ketones (excluding diaryl/α,β-unsaturated/α-hetero) is 1. The molecule has 31 heavy (non-hydrogen) atoms. The van der Waals surface area contributed by atoms with E-state index in [1.165, 1.54) is 6.20 Å². The van der Waals surface area contributed by atoms with Crippen LogP contribution in [-0.4, -0.2) is 34.0 Å². The molecule has 1 heterocycles. The van der Waals surface area contributed by atoms with E-state index in [4.69, 9.17) is 4.74 Å². The smallest absolute Gasteiger partial charge is 0.341 e. The Morgan fingerprint density at radius 2 is 1.71 bits per heavy atom. The fourth-order valence-electron chi connectivity index (χ4n) is 2.95. The summed E-state index contributed by atoms with van der Waals surface area (Å²) in [7, 11) is 0. The summed E-state index contributed by atoms with van der Waals surface area (Å²) in [5.74, 6) is -0.743. The molecule has 2 aromatic carbocycles. The molecule has 1 N–H and O–H groups in total. The number of ether oxygens (including phenoxy) is 1. The Balaban J connectivity index is 1.50. The summed E-state index contributed by atoms with van der Waals surface area (Å²) in [4.78, 5) is 36.4. The van der Waals surface area contributed by atoms with E-state index in [-0.39, 0.29) is 29.8 Å². The van der Waals surface area contributed by atoms with Gasteiger partial charge in [0.25, 0.3) is 0 Å². The first-order valence-corrected chi connectivity index (χ1v) is 10.1. The van der Waals surface area contributed by atoms with Crippen LogP contribution in [0.5, 0.6) is 0 Å². The molecule has 0 fully saturated rings. The highest BCUT2D eigenvalue weighted by Crippen LogP contribution is 2.12. The third-order valence-electron chi connectivity index (χ3n) is 4.47. The number of nitrogens with zero attached hydrogens (tertiary/aromatic N) is 2. The Kier molecular flexibility index (Phi) is 7.32. The minimum atomic E-state index is -0.606. The van der Waals surface area contributed by atoms with E-state index < -0.39 is 5.97 Å². The minimum Gasteiger partial charge on any atom is -0.454 e. The van der Waals surface area contributed by atoms with Crippen LogP contribution in [0.2, 0.25) is 0 Å². The number of rotatable bonds is 9. The van der Waals surface area contributed by atoms with Gasteiger partial charge >= 0.3 is 5.97 Å². The van der Waals surface area contributed by atoms with Crippen molar-refractivity contribution in [3.8, 4) is 0 Å². The third-order valence-corrected chi connectivity index (χ3v) is 4.47. The highest BCUT2D eigenvalue weighted by Gasteiger charge is 2.14. The van der Waals surface area contributed by atoms with Crippen molar-refractivity contribution in [2.75, 3.05) is 11.9 Å². The van der Waals surface area contributed by atoms with E-state index in [9.17, 15) is 14.4 Å². The second kappa shape index (κ2) is 10.3. The second-order valence-electron chi connectivity index (χ2n) is 7.63. The molecule has 0 radical (unpaired) electrons. The first-order chi connectivity index (χ1) is 14.9. The van der Waals surface area contributed by atoms with Crippen LogP contribution in [0.15, 0.2) is 67.0 Å². The zero-order valence-corrected chi connectivity index (χ0v) is 17.6. The largest absolute Gasteiger partial charge is 0.454 e. The van der Waals surface area contributed by atoms with Crippen LogP contribution < -0.4 is 5.32 Å². The van der Waals surface area contributed by atoms with Gasteiger partial charge in [0.05, 0.1) is 18.3 Å². The molecule has 7 nitrogen and oxygen atoms in total. The number of carbonyl (C=O) groups excluding carboxylic acids is 3. The van der Waals surface area contributed by atoms with Crippen molar-refractivity contribution in [1.29, 1.82) is 0 Å². The van der Waals surface area contributed by atoms with Gasteiger partial charge < -0.3 is 10.1 Å². The predicted molar refractivity (Wildman–Crippen MR) is 117 cm³/mol. The second-order valence-corrected chi connectivity index (χ2v) is 7.63. The molecule has 0 unspecified atom stereocenters. The van der Waals surface area contributed by atoms with Crippen LogP contribution in [0.1, 0.15) is 46.5 Å². The van der Waals surface area contributed by atoms with Gasteiger partial charge in [-0.15, -0.1) is 0 Å². The van der Waals surface area contributed by atoms with Gasteiger partial charge in [0.2, 0.25) is 5.91 Å². The summed E-state index contributed by atoms with van der Waals surface area (Å²) in [5, 5.41) is 6.95. The van der Waals surface area contributed by atoms with E-state index in [0.717, 1.165) is 5.56 Å². The van der Waals surface area contributed by atoms with Crippen LogP contribution in [0, 0.1) is 5.92 Å². The van der Waals surface area contributed by atoms with Crippen molar-refractivity contribution in [2.24, 2.45) is 5.92 Å². The van der Waals surface area contributed by atoms with Crippen LogP contribution in [0.25, 0.3) is 0 Å². The van der Waals surface area contributed by atoms with Gasteiger partial charge in [0.15, 0.2) is 12.4 Å². The number of hydrogen-bond donors (Lipinski definition) is 1. The first-order valence-electron chi connectivity index (χ1n) is 10.1. The molecule has 0 aliphatic rings. The Morgan fingerprint density at radius 1 is 1.00 bits per heavy atom. The van der Waals surface area contributed by atoms with Gasteiger partial charge in [-0.25, -0.2) is 4.79 Å². The SMILES string of the molecule is CC(C)CC(=O)Nc1ccc(C(=O)COC(=O)c2cnn(Cc3ccccc3)c2)cc1. The summed E-state index contributed by atoms with van der Waals surface area (Å²) >= 11 is 0. The fraction of sp³-hybridized carbons (Fsp3) is 0.250. The van der Waals surface area contributed by atoms with Crippen LogP contribution in [0.4, 0.5) is 5.69 Å². The zero-order chi connectivity index (χ0) is 22.2. The summed E-state index contributed by atoms with van der Waals surface area (Å²) in [6, 6.07) is 16.2. The lowest BCUT2D eigenvalue weighted by Gasteiger charge is -2.08. The van der Waals surface area contributed by atoms with E-state index in [1.807, 2.05) is 44.2 Å². The van der Waals surface area contributed by atoms with Gasteiger partial charge in [-0.2, -0.15) is 5.10 Å². The highest BCUT2D eigenvalue weighted by atomic mass is 16.5. The maximum Gasteiger partial charge on any atom is 0.341 e. The number of ketones is 1.